The summed E-state index contributed by atoms with van der Waals surface area (Å²) in [4.78, 5) is 0. The third kappa shape index (κ3) is 6.71. The lowest BCUT2D eigenvalue weighted by atomic mass is 10.1. The van der Waals surface area contributed by atoms with Crippen LogP contribution in [-0.2, 0) is 6.42 Å². The van der Waals surface area contributed by atoms with Crippen LogP contribution in [0.15, 0.2) is 47.5 Å². The van der Waals surface area contributed by atoms with Crippen molar-refractivity contribution in [2.24, 2.45) is 0 Å². The molecule has 0 saturated heterocycles. The first kappa shape index (κ1) is 15.3. The summed E-state index contributed by atoms with van der Waals surface area (Å²) in [5.74, 6) is 0. The highest BCUT2D eigenvalue weighted by molar-refractivity contribution is 6.31. The lowest BCUT2D eigenvalue weighted by Crippen LogP contribution is -1.80. The van der Waals surface area contributed by atoms with Crippen molar-refractivity contribution in [3.8, 4) is 0 Å². The lowest BCUT2D eigenvalue weighted by Gasteiger charge is -1.97. The summed E-state index contributed by atoms with van der Waals surface area (Å²) in [6.07, 6.45) is 6.56. The van der Waals surface area contributed by atoms with Crippen LogP contribution >= 0.6 is 23.2 Å². The summed E-state index contributed by atoms with van der Waals surface area (Å²) in [5, 5.41) is 1.52. The Morgan fingerprint density at radius 1 is 1.31 bits per heavy atom. The van der Waals surface area contributed by atoms with Gasteiger partial charge in [0, 0.05) is 10.1 Å². The molecule has 0 amide bonds. The molecule has 88 valence electrons. The Labute approximate surface area is 109 Å². The van der Waals surface area contributed by atoms with Gasteiger partial charge in [-0.1, -0.05) is 61.3 Å². The van der Waals surface area contributed by atoms with Gasteiger partial charge >= 0.3 is 0 Å². The molecule has 0 aliphatic rings. The van der Waals surface area contributed by atoms with E-state index in [4.69, 9.17) is 23.2 Å². The van der Waals surface area contributed by atoms with Gasteiger partial charge < -0.3 is 0 Å². The van der Waals surface area contributed by atoms with E-state index in [1.807, 2.05) is 63.3 Å². The van der Waals surface area contributed by atoms with E-state index < -0.39 is 0 Å². The van der Waals surface area contributed by atoms with Gasteiger partial charge in [-0.05, 0) is 37.1 Å². The molecule has 1 rings (SSSR count). The Morgan fingerprint density at radius 3 is 2.56 bits per heavy atom. The number of allylic oxidation sites excluding steroid dienone is 4. The zero-order chi connectivity index (χ0) is 12.4. The molecule has 1 aromatic carbocycles. The van der Waals surface area contributed by atoms with Crippen molar-refractivity contribution < 1.29 is 0 Å². The largest absolute Gasteiger partial charge is 0.0862 e. The van der Waals surface area contributed by atoms with Crippen molar-refractivity contribution in [2.75, 3.05) is 0 Å². The van der Waals surface area contributed by atoms with E-state index >= 15 is 0 Å². The van der Waals surface area contributed by atoms with E-state index in [2.05, 4.69) is 0 Å². The minimum Gasteiger partial charge on any atom is -0.0862 e. The van der Waals surface area contributed by atoms with E-state index in [0.717, 1.165) is 16.5 Å². The minimum atomic E-state index is 0.757. The average molecular weight is 257 g/mol. The van der Waals surface area contributed by atoms with Crippen LogP contribution in [0.25, 0.3) is 0 Å². The first-order valence-electron chi connectivity index (χ1n) is 5.45. The quantitative estimate of drug-likeness (QED) is 0.617. The van der Waals surface area contributed by atoms with E-state index in [9.17, 15) is 0 Å². The highest BCUT2D eigenvalue weighted by Crippen LogP contribution is 2.13. The molecule has 0 unspecified atom stereocenters. The van der Waals surface area contributed by atoms with Crippen molar-refractivity contribution in [1.82, 2.24) is 0 Å². The van der Waals surface area contributed by atoms with E-state index in [-0.39, 0.29) is 0 Å². The molecule has 16 heavy (non-hydrogen) atoms. The molecule has 0 saturated carbocycles. The van der Waals surface area contributed by atoms with Crippen LogP contribution in [0.2, 0.25) is 5.02 Å². The first-order valence-corrected chi connectivity index (χ1v) is 6.21. The molecule has 0 bridgehead atoms. The van der Waals surface area contributed by atoms with Gasteiger partial charge in [0.15, 0.2) is 0 Å². The van der Waals surface area contributed by atoms with E-state index in [1.54, 1.807) is 0 Å². The second kappa shape index (κ2) is 9.50. The van der Waals surface area contributed by atoms with Crippen molar-refractivity contribution in [1.29, 1.82) is 0 Å². The van der Waals surface area contributed by atoms with Gasteiger partial charge in [-0.3, -0.25) is 0 Å². The SMILES string of the molecule is C/C=C\C(Cl)=C/Cc1cccc(Cl)c1.CC. The third-order valence-corrected chi connectivity index (χ3v) is 2.26. The molecule has 0 aliphatic heterocycles. The number of hydrogen-bond acceptors (Lipinski definition) is 0. The maximum atomic E-state index is 5.91. The van der Waals surface area contributed by atoms with Crippen molar-refractivity contribution in [3.05, 3.63) is 58.1 Å². The molecular weight excluding hydrogens is 239 g/mol. The second-order valence-corrected chi connectivity index (χ2v) is 3.80. The Balaban J connectivity index is 0.00000106. The van der Waals surface area contributed by atoms with Gasteiger partial charge in [0.05, 0.1) is 0 Å². The maximum absolute atomic E-state index is 5.91. The van der Waals surface area contributed by atoms with E-state index in [1.165, 1.54) is 5.56 Å². The molecule has 0 heterocycles. The van der Waals surface area contributed by atoms with Gasteiger partial charge in [0.2, 0.25) is 0 Å². The number of rotatable bonds is 3. The van der Waals surface area contributed by atoms with Crippen LogP contribution in [0.5, 0.6) is 0 Å². The van der Waals surface area contributed by atoms with Gasteiger partial charge in [-0.25, -0.2) is 0 Å². The predicted molar refractivity (Wildman–Crippen MR) is 75.3 cm³/mol. The Morgan fingerprint density at radius 2 is 2.00 bits per heavy atom. The van der Waals surface area contributed by atoms with Crippen LogP contribution in [0, 0.1) is 0 Å². The van der Waals surface area contributed by atoms with Gasteiger partial charge in [0.25, 0.3) is 0 Å². The molecule has 0 radical (unpaired) electrons. The Bertz CT molecular complexity index is 352. The number of benzene rings is 1. The summed E-state index contributed by atoms with van der Waals surface area (Å²) in [7, 11) is 0. The van der Waals surface area contributed by atoms with Gasteiger partial charge in [0.1, 0.15) is 0 Å². The molecule has 0 atom stereocenters. The molecule has 1 aromatic rings. The summed E-state index contributed by atoms with van der Waals surface area (Å²) >= 11 is 11.8. The molecule has 0 N–H and O–H groups in total. The summed E-state index contributed by atoms with van der Waals surface area (Å²) in [6.45, 7) is 5.94. The Kier molecular flexibility index (Phi) is 9.07. The highest BCUT2D eigenvalue weighted by Gasteiger charge is 1.92. The average Bonchev–Trinajstić information content (AvgIpc) is 2.30. The van der Waals surface area contributed by atoms with Crippen LogP contribution in [-0.4, -0.2) is 0 Å². The van der Waals surface area contributed by atoms with Gasteiger partial charge in [-0.2, -0.15) is 0 Å². The number of hydrogen-bond donors (Lipinski definition) is 0. The fourth-order valence-electron chi connectivity index (χ4n) is 1.11. The van der Waals surface area contributed by atoms with Crippen molar-refractivity contribution >= 4 is 23.2 Å². The molecular formula is C14H18Cl2. The summed E-state index contributed by atoms with van der Waals surface area (Å²) in [5.41, 5.74) is 1.17. The smallest absolute Gasteiger partial charge is 0.0408 e. The molecule has 2 heteroatoms. The standard InChI is InChI=1S/C12H12Cl2.C2H6/c1-2-4-11(13)8-7-10-5-3-6-12(14)9-10;1-2/h2-6,8-9H,7H2,1H3;1-2H3/b4-2-,11-8+;. The lowest BCUT2D eigenvalue weighted by molar-refractivity contribution is 1.27. The van der Waals surface area contributed by atoms with Crippen LogP contribution in [0.1, 0.15) is 26.3 Å². The molecule has 0 fully saturated rings. The van der Waals surface area contributed by atoms with Gasteiger partial charge in [-0.15, -0.1) is 0 Å². The first-order chi connectivity index (χ1) is 7.72. The second-order valence-electron chi connectivity index (χ2n) is 2.92. The molecule has 0 spiro atoms. The maximum Gasteiger partial charge on any atom is 0.0408 e. The zero-order valence-corrected chi connectivity index (χ0v) is 11.5. The predicted octanol–water partition coefficient (Wildman–Crippen LogP) is 5.61. The van der Waals surface area contributed by atoms with Crippen LogP contribution in [0.4, 0.5) is 0 Å². The van der Waals surface area contributed by atoms with Crippen molar-refractivity contribution in [2.45, 2.75) is 27.2 Å². The molecule has 0 nitrogen and oxygen atoms in total. The van der Waals surface area contributed by atoms with Crippen LogP contribution in [0.3, 0.4) is 0 Å². The molecule has 0 aromatic heterocycles. The fourth-order valence-corrected chi connectivity index (χ4v) is 1.52. The Hall–Kier alpha value is -0.720. The molecule has 0 aliphatic carbocycles. The summed E-state index contributed by atoms with van der Waals surface area (Å²) in [6, 6.07) is 7.78. The number of halogens is 2. The summed E-state index contributed by atoms with van der Waals surface area (Å²) < 4.78 is 0. The normalized spacial score (nSPS) is 11.2. The minimum absolute atomic E-state index is 0.757. The topological polar surface area (TPSA) is 0 Å². The fraction of sp³-hybridized carbons (Fsp3) is 0.286. The van der Waals surface area contributed by atoms with E-state index in [0.29, 0.717) is 0 Å². The highest BCUT2D eigenvalue weighted by atomic mass is 35.5. The third-order valence-electron chi connectivity index (χ3n) is 1.75. The monoisotopic (exact) mass is 256 g/mol. The van der Waals surface area contributed by atoms with Crippen LogP contribution < -0.4 is 0 Å². The zero-order valence-electron chi connectivity index (χ0n) is 10.0. The van der Waals surface area contributed by atoms with Crippen molar-refractivity contribution in [3.63, 3.8) is 0 Å².